The van der Waals surface area contributed by atoms with Crippen molar-refractivity contribution in [3.05, 3.63) is 35.6 Å². The van der Waals surface area contributed by atoms with Crippen molar-refractivity contribution >= 4 is 5.97 Å². The molecule has 1 unspecified atom stereocenters. The van der Waals surface area contributed by atoms with Gasteiger partial charge in [0.2, 0.25) is 0 Å². The summed E-state index contributed by atoms with van der Waals surface area (Å²) in [6.45, 7) is 0. The predicted octanol–water partition coefficient (Wildman–Crippen LogP) is 1.47. The normalized spacial score (nSPS) is 12.6. The fourth-order valence-electron chi connectivity index (χ4n) is 1.46. The summed E-state index contributed by atoms with van der Waals surface area (Å²) in [5.41, 5.74) is 0.908. The molecule has 0 saturated heterocycles. The summed E-state index contributed by atoms with van der Waals surface area (Å²) >= 11 is 0. The van der Waals surface area contributed by atoms with Crippen molar-refractivity contribution in [3.8, 4) is 0 Å². The molecule has 0 aliphatic carbocycles. The summed E-state index contributed by atoms with van der Waals surface area (Å²) in [6, 6.07) is 5.79. The van der Waals surface area contributed by atoms with Crippen LogP contribution < -0.4 is 0 Å². The summed E-state index contributed by atoms with van der Waals surface area (Å²) in [5.74, 6) is -0.558. The van der Waals surface area contributed by atoms with Crippen molar-refractivity contribution in [1.82, 2.24) is 4.90 Å². The molecule has 16 heavy (non-hydrogen) atoms. The molecule has 0 radical (unpaired) electrons. The van der Waals surface area contributed by atoms with Gasteiger partial charge >= 0.3 is 5.97 Å². The van der Waals surface area contributed by atoms with Crippen LogP contribution in [-0.4, -0.2) is 38.1 Å². The van der Waals surface area contributed by atoms with E-state index in [1.165, 1.54) is 19.2 Å². The smallest absolute Gasteiger partial charge is 0.323 e. The lowest BCUT2D eigenvalue weighted by molar-refractivity contribution is -0.145. The third-order valence-corrected chi connectivity index (χ3v) is 2.44. The van der Waals surface area contributed by atoms with Gasteiger partial charge in [0.25, 0.3) is 0 Å². The molecule has 0 saturated carbocycles. The number of methoxy groups -OCH3 is 1. The molecule has 1 aromatic carbocycles. The lowest BCUT2D eigenvalue weighted by atomic mass is 10.1. The van der Waals surface area contributed by atoms with Crippen molar-refractivity contribution in [2.24, 2.45) is 0 Å². The summed E-state index contributed by atoms with van der Waals surface area (Å²) in [5, 5.41) is 0. The topological polar surface area (TPSA) is 29.5 Å². The molecule has 0 bridgehead atoms. The standard InChI is InChI=1S/C12H16FNO2/c1-14(2)11(12(15)16-3)8-9-4-6-10(13)7-5-9/h4-7,11H,8H2,1-3H3. The average molecular weight is 225 g/mol. The van der Waals surface area contributed by atoms with Crippen LogP contribution in [0.2, 0.25) is 0 Å². The predicted molar refractivity (Wildman–Crippen MR) is 59.6 cm³/mol. The Bertz CT molecular complexity index is 349. The minimum atomic E-state index is -0.338. The van der Waals surface area contributed by atoms with Crippen molar-refractivity contribution in [2.75, 3.05) is 21.2 Å². The SMILES string of the molecule is COC(=O)C(Cc1ccc(F)cc1)N(C)C. The maximum absolute atomic E-state index is 12.7. The summed E-state index contributed by atoms with van der Waals surface area (Å²) in [6.07, 6.45) is 0.514. The zero-order valence-corrected chi connectivity index (χ0v) is 9.74. The third kappa shape index (κ3) is 3.31. The van der Waals surface area contributed by atoms with Gasteiger partial charge in [-0.05, 0) is 38.2 Å². The van der Waals surface area contributed by atoms with Crippen molar-refractivity contribution in [1.29, 1.82) is 0 Å². The number of benzene rings is 1. The van der Waals surface area contributed by atoms with Gasteiger partial charge in [0.1, 0.15) is 11.9 Å². The Hall–Kier alpha value is -1.42. The van der Waals surface area contributed by atoms with E-state index in [4.69, 9.17) is 4.74 Å². The van der Waals surface area contributed by atoms with Gasteiger partial charge < -0.3 is 4.74 Å². The molecule has 4 heteroatoms. The summed E-state index contributed by atoms with van der Waals surface area (Å²) in [7, 11) is 4.99. The van der Waals surface area contributed by atoms with E-state index in [0.717, 1.165) is 5.56 Å². The fourth-order valence-corrected chi connectivity index (χ4v) is 1.46. The summed E-state index contributed by atoms with van der Waals surface area (Å²) < 4.78 is 17.4. The quantitative estimate of drug-likeness (QED) is 0.727. The number of halogens is 1. The van der Waals surface area contributed by atoms with Crippen LogP contribution in [0, 0.1) is 5.82 Å². The lowest BCUT2D eigenvalue weighted by Crippen LogP contribution is -2.38. The number of hydrogen-bond acceptors (Lipinski definition) is 3. The summed E-state index contributed by atoms with van der Waals surface area (Å²) in [4.78, 5) is 13.3. The number of ether oxygens (including phenoxy) is 1. The first-order valence-electron chi connectivity index (χ1n) is 5.03. The van der Waals surface area contributed by atoms with E-state index in [2.05, 4.69) is 0 Å². The van der Waals surface area contributed by atoms with Gasteiger partial charge in [-0.1, -0.05) is 12.1 Å². The van der Waals surface area contributed by atoms with Gasteiger partial charge in [-0.3, -0.25) is 9.69 Å². The molecule has 0 N–H and O–H groups in total. The lowest BCUT2D eigenvalue weighted by Gasteiger charge is -2.21. The highest BCUT2D eigenvalue weighted by Gasteiger charge is 2.21. The minimum Gasteiger partial charge on any atom is -0.468 e. The number of hydrogen-bond donors (Lipinski definition) is 0. The maximum atomic E-state index is 12.7. The molecule has 0 aliphatic rings. The number of nitrogens with zero attached hydrogens (tertiary/aromatic N) is 1. The number of carbonyl (C=O) groups is 1. The van der Waals surface area contributed by atoms with Crippen molar-refractivity contribution < 1.29 is 13.9 Å². The van der Waals surface area contributed by atoms with Gasteiger partial charge in [0, 0.05) is 0 Å². The minimum absolute atomic E-state index is 0.275. The van der Waals surface area contributed by atoms with Gasteiger partial charge in [0.05, 0.1) is 7.11 Å². The number of esters is 1. The van der Waals surface area contributed by atoms with Crippen LogP contribution in [0.3, 0.4) is 0 Å². The molecule has 0 aromatic heterocycles. The third-order valence-electron chi connectivity index (χ3n) is 2.44. The van der Waals surface area contributed by atoms with Crippen molar-refractivity contribution in [2.45, 2.75) is 12.5 Å². The molecule has 0 heterocycles. The van der Waals surface area contributed by atoms with E-state index in [1.54, 1.807) is 17.0 Å². The highest BCUT2D eigenvalue weighted by Crippen LogP contribution is 2.09. The monoisotopic (exact) mass is 225 g/mol. The number of carbonyl (C=O) groups excluding carboxylic acids is 1. The first kappa shape index (κ1) is 12.6. The van der Waals surface area contributed by atoms with Gasteiger partial charge in [-0.15, -0.1) is 0 Å². The second-order valence-electron chi connectivity index (χ2n) is 3.83. The Morgan fingerprint density at radius 1 is 1.38 bits per heavy atom. The van der Waals surface area contributed by atoms with Gasteiger partial charge in [-0.2, -0.15) is 0 Å². The van der Waals surface area contributed by atoms with Crippen LogP contribution in [0.4, 0.5) is 4.39 Å². The van der Waals surface area contributed by atoms with E-state index in [0.29, 0.717) is 6.42 Å². The molecule has 1 rings (SSSR count). The molecular formula is C12H16FNO2. The van der Waals surface area contributed by atoms with Crippen LogP contribution in [0.1, 0.15) is 5.56 Å². The molecule has 0 amide bonds. The largest absolute Gasteiger partial charge is 0.468 e. The van der Waals surface area contributed by atoms with Crippen LogP contribution in [0.25, 0.3) is 0 Å². The zero-order chi connectivity index (χ0) is 12.1. The molecule has 1 aromatic rings. The Balaban J connectivity index is 2.75. The molecule has 0 spiro atoms. The molecule has 3 nitrogen and oxygen atoms in total. The molecule has 0 fully saturated rings. The zero-order valence-electron chi connectivity index (χ0n) is 9.74. The van der Waals surface area contributed by atoms with E-state index < -0.39 is 0 Å². The Kier molecular flexibility index (Phi) is 4.43. The van der Waals surface area contributed by atoms with Crippen LogP contribution in [0.15, 0.2) is 24.3 Å². The highest BCUT2D eigenvalue weighted by molar-refractivity contribution is 5.76. The Labute approximate surface area is 94.8 Å². The van der Waals surface area contributed by atoms with Crippen molar-refractivity contribution in [3.63, 3.8) is 0 Å². The Morgan fingerprint density at radius 3 is 2.38 bits per heavy atom. The second kappa shape index (κ2) is 5.61. The second-order valence-corrected chi connectivity index (χ2v) is 3.83. The first-order valence-corrected chi connectivity index (χ1v) is 5.03. The number of likely N-dealkylation sites (N-methyl/N-ethyl adjacent to an activating group) is 1. The van der Waals surface area contributed by atoms with E-state index >= 15 is 0 Å². The Morgan fingerprint density at radius 2 is 1.94 bits per heavy atom. The maximum Gasteiger partial charge on any atom is 0.323 e. The number of rotatable bonds is 4. The van der Waals surface area contributed by atoms with Crippen LogP contribution >= 0.6 is 0 Å². The fraction of sp³-hybridized carbons (Fsp3) is 0.417. The molecule has 0 aliphatic heterocycles. The highest BCUT2D eigenvalue weighted by atomic mass is 19.1. The van der Waals surface area contributed by atoms with Gasteiger partial charge in [0.15, 0.2) is 0 Å². The first-order chi connectivity index (χ1) is 7.54. The average Bonchev–Trinajstić information content (AvgIpc) is 2.27. The van der Waals surface area contributed by atoms with E-state index in [-0.39, 0.29) is 17.8 Å². The molecule has 88 valence electrons. The molecular weight excluding hydrogens is 209 g/mol. The van der Waals surface area contributed by atoms with Gasteiger partial charge in [-0.25, -0.2) is 4.39 Å². The van der Waals surface area contributed by atoms with Crippen LogP contribution in [-0.2, 0) is 16.0 Å². The van der Waals surface area contributed by atoms with E-state index in [9.17, 15) is 9.18 Å². The van der Waals surface area contributed by atoms with Crippen LogP contribution in [0.5, 0.6) is 0 Å². The van der Waals surface area contributed by atoms with E-state index in [1.807, 2.05) is 14.1 Å². The molecule has 1 atom stereocenters.